The Kier molecular flexibility index (Phi) is 6.26. The van der Waals surface area contributed by atoms with E-state index in [9.17, 15) is 4.79 Å². The van der Waals surface area contributed by atoms with Crippen molar-refractivity contribution in [3.05, 3.63) is 0 Å². The predicted octanol–water partition coefficient (Wildman–Crippen LogP) is 0.861. The van der Waals surface area contributed by atoms with Gasteiger partial charge in [-0.3, -0.25) is 9.69 Å². The highest BCUT2D eigenvalue weighted by Crippen LogP contribution is 2.28. The number of nitrogens with zero attached hydrogens (tertiary/aromatic N) is 2. The molecule has 2 rings (SSSR count). The molecule has 0 aromatic carbocycles. The summed E-state index contributed by atoms with van der Waals surface area (Å²) in [5.74, 6) is 0.201. The van der Waals surface area contributed by atoms with E-state index in [0.717, 1.165) is 32.4 Å². The van der Waals surface area contributed by atoms with E-state index >= 15 is 0 Å². The minimum Gasteiger partial charge on any atom is -0.395 e. The molecule has 0 aromatic heterocycles. The Morgan fingerprint density at radius 3 is 2.90 bits per heavy atom. The lowest BCUT2D eigenvalue weighted by atomic mass is 9.90. The first kappa shape index (κ1) is 15.7. The number of carbonyl (C=O) groups is 1. The number of rotatable bonds is 6. The van der Waals surface area contributed by atoms with Gasteiger partial charge in [-0.2, -0.15) is 0 Å². The van der Waals surface area contributed by atoms with Crippen molar-refractivity contribution in [3.8, 4) is 0 Å². The standard InChI is InChI=1S/C15H28N2O3/c1-2-7-16(8-10-18)12-15(19)17-9-11-20-14-6-4-3-5-13(14)17/h13-14,18H,2-12H2,1H3. The maximum atomic E-state index is 12.6. The van der Waals surface area contributed by atoms with Gasteiger partial charge in [0.05, 0.1) is 31.9 Å². The quantitative estimate of drug-likeness (QED) is 0.786. The van der Waals surface area contributed by atoms with Crippen LogP contribution in [0.5, 0.6) is 0 Å². The van der Waals surface area contributed by atoms with Gasteiger partial charge >= 0.3 is 0 Å². The first-order valence-corrected chi connectivity index (χ1v) is 8.00. The summed E-state index contributed by atoms with van der Waals surface area (Å²) in [7, 11) is 0. The topological polar surface area (TPSA) is 53.0 Å². The highest BCUT2D eigenvalue weighted by atomic mass is 16.5. The monoisotopic (exact) mass is 284 g/mol. The molecule has 20 heavy (non-hydrogen) atoms. The second kappa shape index (κ2) is 7.96. The fourth-order valence-corrected chi connectivity index (χ4v) is 3.42. The molecule has 2 aliphatic rings. The summed E-state index contributed by atoms with van der Waals surface area (Å²) < 4.78 is 5.81. The van der Waals surface area contributed by atoms with Gasteiger partial charge in [0.2, 0.25) is 5.91 Å². The number of morpholine rings is 1. The van der Waals surface area contributed by atoms with Gasteiger partial charge in [0.15, 0.2) is 0 Å². The lowest BCUT2D eigenvalue weighted by Gasteiger charge is -2.44. The van der Waals surface area contributed by atoms with E-state index in [1.165, 1.54) is 12.8 Å². The van der Waals surface area contributed by atoms with Crippen molar-refractivity contribution in [1.82, 2.24) is 9.80 Å². The molecule has 1 N–H and O–H groups in total. The molecule has 116 valence electrons. The summed E-state index contributed by atoms with van der Waals surface area (Å²) in [4.78, 5) is 16.6. The van der Waals surface area contributed by atoms with Crippen LogP contribution < -0.4 is 0 Å². The molecule has 0 bridgehead atoms. The van der Waals surface area contributed by atoms with Gasteiger partial charge in [-0.1, -0.05) is 19.8 Å². The van der Waals surface area contributed by atoms with Crippen molar-refractivity contribution in [3.63, 3.8) is 0 Å². The van der Waals surface area contributed by atoms with E-state index in [4.69, 9.17) is 9.84 Å². The van der Waals surface area contributed by atoms with E-state index < -0.39 is 0 Å². The van der Waals surface area contributed by atoms with E-state index in [1.54, 1.807) is 0 Å². The highest BCUT2D eigenvalue weighted by Gasteiger charge is 2.36. The second-order valence-electron chi connectivity index (χ2n) is 5.85. The zero-order chi connectivity index (χ0) is 14.4. The minimum atomic E-state index is 0.114. The van der Waals surface area contributed by atoms with Gasteiger partial charge in [-0.05, 0) is 25.8 Å². The smallest absolute Gasteiger partial charge is 0.237 e. The molecule has 1 saturated carbocycles. The van der Waals surface area contributed by atoms with Crippen LogP contribution in [0.15, 0.2) is 0 Å². The Bertz CT molecular complexity index is 303. The summed E-state index contributed by atoms with van der Waals surface area (Å²) in [5.41, 5.74) is 0. The molecule has 1 heterocycles. The van der Waals surface area contributed by atoms with Crippen LogP contribution in [0, 0.1) is 0 Å². The van der Waals surface area contributed by atoms with E-state index in [0.29, 0.717) is 19.7 Å². The molecule has 2 fully saturated rings. The fraction of sp³-hybridized carbons (Fsp3) is 0.933. The normalized spacial score (nSPS) is 26.6. The SMILES string of the molecule is CCCN(CCO)CC(=O)N1CCOC2CCCCC21. The van der Waals surface area contributed by atoms with Gasteiger partial charge in [0, 0.05) is 13.1 Å². The Morgan fingerprint density at radius 1 is 1.35 bits per heavy atom. The molecule has 1 saturated heterocycles. The zero-order valence-electron chi connectivity index (χ0n) is 12.6. The van der Waals surface area contributed by atoms with Crippen molar-refractivity contribution in [1.29, 1.82) is 0 Å². The molecule has 0 spiro atoms. The molecule has 5 nitrogen and oxygen atoms in total. The lowest BCUT2D eigenvalue weighted by Crippen LogP contribution is -2.56. The minimum absolute atomic E-state index is 0.114. The van der Waals surface area contributed by atoms with Gasteiger partial charge in [-0.15, -0.1) is 0 Å². The van der Waals surface area contributed by atoms with E-state index in [1.807, 2.05) is 4.90 Å². The third-order valence-corrected chi connectivity index (χ3v) is 4.37. The molecular formula is C15H28N2O3. The van der Waals surface area contributed by atoms with Crippen LogP contribution in [0.25, 0.3) is 0 Å². The van der Waals surface area contributed by atoms with Gasteiger partial charge < -0.3 is 14.7 Å². The molecule has 5 heteroatoms. The fourth-order valence-electron chi connectivity index (χ4n) is 3.42. The first-order valence-electron chi connectivity index (χ1n) is 8.00. The Morgan fingerprint density at radius 2 is 2.15 bits per heavy atom. The number of aliphatic hydroxyl groups is 1. The van der Waals surface area contributed by atoms with Crippen LogP contribution in [-0.4, -0.2) is 72.4 Å². The predicted molar refractivity (Wildman–Crippen MR) is 77.5 cm³/mol. The van der Waals surface area contributed by atoms with Crippen molar-refractivity contribution >= 4 is 5.91 Å². The largest absolute Gasteiger partial charge is 0.395 e. The first-order chi connectivity index (χ1) is 9.76. The number of hydrogen-bond acceptors (Lipinski definition) is 4. The van der Waals surface area contributed by atoms with Gasteiger partial charge in [0.1, 0.15) is 0 Å². The molecule has 0 radical (unpaired) electrons. The van der Waals surface area contributed by atoms with Crippen molar-refractivity contribution < 1.29 is 14.6 Å². The van der Waals surface area contributed by atoms with Crippen LogP contribution in [0.1, 0.15) is 39.0 Å². The maximum absolute atomic E-state index is 12.6. The number of aliphatic hydroxyl groups excluding tert-OH is 1. The summed E-state index contributed by atoms with van der Waals surface area (Å²) in [5, 5.41) is 9.09. The molecule has 1 amide bonds. The average molecular weight is 284 g/mol. The number of ether oxygens (including phenoxy) is 1. The number of fused-ring (bicyclic) bond motifs is 1. The molecular weight excluding hydrogens is 256 g/mol. The Hall–Kier alpha value is -0.650. The number of carbonyl (C=O) groups excluding carboxylic acids is 1. The lowest BCUT2D eigenvalue weighted by molar-refractivity contribution is -0.150. The zero-order valence-corrected chi connectivity index (χ0v) is 12.6. The summed E-state index contributed by atoms with van der Waals surface area (Å²) >= 11 is 0. The van der Waals surface area contributed by atoms with Crippen molar-refractivity contribution in [2.24, 2.45) is 0 Å². The van der Waals surface area contributed by atoms with Crippen molar-refractivity contribution in [2.75, 3.05) is 39.4 Å². The molecule has 2 unspecified atom stereocenters. The van der Waals surface area contributed by atoms with Crippen LogP contribution in [0.3, 0.4) is 0 Å². The highest BCUT2D eigenvalue weighted by molar-refractivity contribution is 5.78. The summed E-state index contributed by atoms with van der Waals surface area (Å²) in [6, 6.07) is 0.280. The van der Waals surface area contributed by atoms with Crippen LogP contribution in [0.2, 0.25) is 0 Å². The molecule has 0 aromatic rings. The van der Waals surface area contributed by atoms with Crippen LogP contribution >= 0.6 is 0 Å². The third kappa shape index (κ3) is 3.93. The Balaban J connectivity index is 1.92. The van der Waals surface area contributed by atoms with E-state index in [2.05, 4.69) is 11.8 Å². The number of hydrogen-bond donors (Lipinski definition) is 1. The van der Waals surface area contributed by atoms with Gasteiger partial charge in [0.25, 0.3) is 0 Å². The maximum Gasteiger partial charge on any atom is 0.237 e. The average Bonchev–Trinajstić information content (AvgIpc) is 2.47. The number of amides is 1. The molecule has 2 atom stereocenters. The summed E-state index contributed by atoms with van der Waals surface area (Å²) in [6.07, 6.45) is 5.83. The van der Waals surface area contributed by atoms with Crippen LogP contribution in [0.4, 0.5) is 0 Å². The third-order valence-electron chi connectivity index (χ3n) is 4.37. The molecule has 1 aliphatic heterocycles. The summed E-state index contributed by atoms with van der Waals surface area (Å²) in [6.45, 7) is 5.48. The second-order valence-corrected chi connectivity index (χ2v) is 5.85. The van der Waals surface area contributed by atoms with Crippen LogP contribution in [-0.2, 0) is 9.53 Å². The Labute approximate surface area is 121 Å². The van der Waals surface area contributed by atoms with E-state index in [-0.39, 0.29) is 24.7 Å². The molecule has 1 aliphatic carbocycles. The van der Waals surface area contributed by atoms with Gasteiger partial charge in [-0.25, -0.2) is 0 Å². The van der Waals surface area contributed by atoms with Crippen molar-refractivity contribution in [2.45, 2.75) is 51.2 Å².